The van der Waals surface area contributed by atoms with Crippen LogP contribution < -0.4 is 15.2 Å². The van der Waals surface area contributed by atoms with E-state index in [0.717, 1.165) is 11.3 Å². The summed E-state index contributed by atoms with van der Waals surface area (Å²) in [6.07, 6.45) is 1.75. The van der Waals surface area contributed by atoms with Gasteiger partial charge >= 0.3 is 0 Å². The highest BCUT2D eigenvalue weighted by Gasteiger charge is 2.06. The standard InChI is InChI=1S/C18H20N2O3/c1-12-4-6-15(8-13(12)2)20-10-14-5-7-16(17(9-14)22-3)23-11-18(19)21/h4-10H,11H2,1-3H3,(H2,19,21). The summed E-state index contributed by atoms with van der Waals surface area (Å²) in [7, 11) is 1.54. The number of amides is 1. The molecule has 0 aliphatic carbocycles. The first-order valence-corrected chi connectivity index (χ1v) is 7.20. The molecule has 0 aliphatic heterocycles. The SMILES string of the molecule is COc1cc(C=Nc2ccc(C)c(C)c2)ccc1OCC(N)=O. The smallest absolute Gasteiger partial charge is 0.255 e. The molecule has 0 radical (unpaired) electrons. The van der Waals surface area contributed by atoms with Crippen molar-refractivity contribution in [3.05, 3.63) is 53.1 Å². The summed E-state index contributed by atoms with van der Waals surface area (Å²) in [6.45, 7) is 3.94. The number of nitrogens with two attached hydrogens (primary N) is 1. The summed E-state index contributed by atoms with van der Waals surface area (Å²) in [5, 5.41) is 0. The van der Waals surface area contributed by atoms with Gasteiger partial charge in [-0.25, -0.2) is 0 Å². The summed E-state index contributed by atoms with van der Waals surface area (Å²) in [5.41, 5.74) is 9.27. The molecule has 0 spiro atoms. The molecule has 0 aromatic heterocycles. The lowest BCUT2D eigenvalue weighted by Gasteiger charge is -2.09. The van der Waals surface area contributed by atoms with Gasteiger partial charge in [-0.2, -0.15) is 0 Å². The van der Waals surface area contributed by atoms with Crippen molar-refractivity contribution in [1.82, 2.24) is 0 Å². The van der Waals surface area contributed by atoms with Crippen LogP contribution in [0.4, 0.5) is 5.69 Å². The fourth-order valence-electron chi connectivity index (χ4n) is 1.99. The van der Waals surface area contributed by atoms with Crippen molar-refractivity contribution in [2.45, 2.75) is 13.8 Å². The molecule has 0 atom stereocenters. The number of rotatable bonds is 6. The number of methoxy groups -OCH3 is 1. The van der Waals surface area contributed by atoms with Crippen LogP contribution in [0.3, 0.4) is 0 Å². The Morgan fingerprint density at radius 3 is 2.57 bits per heavy atom. The molecular formula is C18H20N2O3. The molecular weight excluding hydrogens is 292 g/mol. The highest BCUT2D eigenvalue weighted by molar-refractivity contribution is 5.83. The van der Waals surface area contributed by atoms with Gasteiger partial charge in [0.05, 0.1) is 12.8 Å². The van der Waals surface area contributed by atoms with E-state index in [1.807, 2.05) is 24.3 Å². The third kappa shape index (κ3) is 4.57. The van der Waals surface area contributed by atoms with Crippen LogP contribution in [0.15, 0.2) is 41.4 Å². The van der Waals surface area contributed by atoms with E-state index in [1.165, 1.54) is 18.2 Å². The first-order valence-electron chi connectivity index (χ1n) is 7.20. The third-order valence-corrected chi connectivity index (χ3v) is 3.41. The number of hydrogen-bond acceptors (Lipinski definition) is 4. The molecule has 0 saturated heterocycles. The van der Waals surface area contributed by atoms with E-state index in [1.54, 1.807) is 18.3 Å². The summed E-state index contributed by atoms with van der Waals surface area (Å²) in [4.78, 5) is 15.2. The van der Waals surface area contributed by atoms with Crippen molar-refractivity contribution >= 4 is 17.8 Å². The number of ether oxygens (including phenoxy) is 2. The topological polar surface area (TPSA) is 73.9 Å². The van der Waals surface area contributed by atoms with Crippen molar-refractivity contribution in [2.75, 3.05) is 13.7 Å². The van der Waals surface area contributed by atoms with Crippen LogP contribution >= 0.6 is 0 Å². The van der Waals surface area contributed by atoms with Gasteiger partial charge < -0.3 is 15.2 Å². The van der Waals surface area contributed by atoms with Crippen LogP contribution in [-0.4, -0.2) is 25.8 Å². The maximum Gasteiger partial charge on any atom is 0.255 e. The molecule has 0 unspecified atom stereocenters. The predicted octanol–water partition coefficient (Wildman–Crippen LogP) is 2.93. The minimum Gasteiger partial charge on any atom is -0.493 e. The molecule has 0 heterocycles. The summed E-state index contributed by atoms with van der Waals surface area (Å²) in [5.74, 6) is 0.456. The Kier molecular flexibility index (Phi) is 5.36. The highest BCUT2D eigenvalue weighted by atomic mass is 16.5. The number of hydrogen-bond donors (Lipinski definition) is 1. The van der Waals surface area contributed by atoms with Crippen molar-refractivity contribution in [3.8, 4) is 11.5 Å². The lowest BCUT2D eigenvalue weighted by molar-refractivity contribution is -0.119. The Hall–Kier alpha value is -2.82. The average Bonchev–Trinajstić information content (AvgIpc) is 2.54. The normalized spacial score (nSPS) is 10.7. The first kappa shape index (κ1) is 16.5. The van der Waals surface area contributed by atoms with Crippen LogP contribution in [0.25, 0.3) is 0 Å². The van der Waals surface area contributed by atoms with Crippen LogP contribution in [0, 0.1) is 13.8 Å². The van der Waals surface area contributed by atoms with Crippen LogP contribution in [0.1, 0.15) is 16.7 Å². The van der Waals surface area contributed by atoms with Gasteiger partial charge in [-0.15, -0.1) is 0 Å². The molecule has 2 N–H and O–H groups in total. The number of primary amides is 1. The van der Waals surface area contributed by atoms with Gasteiger partial charge in [0.15, 0.2) is 18.1 Å². The van der Waals surface area contributed by atoms with E-state index >= 15 is 0 Å². The molecule has 120 valence electrons. The summed E-state index contributed by atoms with van der Waals surface area (Å²) < 4.78 is 10.6. The number of carbonyl (C=O) groups is 1. The Balaban J connectivity index is 2.18. The second-order valence-electron chi connectivity index (χ2n) is 5.19. The van der Waals surface area contributed by atoms with E-state index in [2.05, 4.69) is 18.8 Å². The molecule has 5 heteroatoms. The van der Waals surface area contributed by atoms with Crippen molar-refractivity contribution in [2.24, 2.45) is 10.7 Å². The maximum atomic E-state index is 10.8. The van der Waals surface area contributed by atoms with Gasteiger partial charge in [-0.3, -0.25) is 9.79 Å². The summed E-state index contributed by atoms with van der Waals surface area (Å²) in [6, 6.07) is 11.4. The van der Waals surface area contributed by atoms with Gasteiger partial charge in [0.25, 0.3) is 5.91 Å². The van der Waals surface area contributed by atoms with E-state index in [-0.39, 0.29) is 6.61 Å². The number of benzene rings is 2. The zero-order valence-corrected chi connectivity index (χ0v) is 13.5. The number of aliphatic imine (C=N–C) groups is 1. The number of carbonyl (C=O) groups excluding carboxylic acids is 1. The molecule has 2 rings (SSSR count). The van der Waals surface area contributed by atoms with Gasteiger partial charge in [0, 0.05) is 6.21 Å². The lowest BCUT2D eigenvalue weighted by atomic mass is 10.1. The average molecular weight is 312 g/mol. The summed E-state index contributed by atoms with van der Waals surface area (Å²) >= 11 is 0. The Morgan fingerprint density at radius 2 is 1.91 bits per heavy atom. The zero-order chi connectivity index (χ0) is 16.8. The lowest BCUT2D eigenvalue weighted by Crippen LogP contribution is -2.20. The van der Waals surface area contributed by atoms with E-state index in [9.17, 15) is 4.79 Å². The fourth-order valence-corrected chi connectivity index (χ4v) is 1.99. The molecule has 1 amide bonds. The Labute approximate surface area is 135 Å². The molecule has 2 aromatic rings. The van der Waals surface area contributed by atoms with Crippen LogP contribution in [0.5, 0.6) is 11.5 Å². The maximum absolute atomic E-state index is 10.8. The van der Waals surface area contributed by atoms with Gasteiger partial charge in [-0.1, -0.05) is 6.07 Å². The molecule has 0 saturated carbocycles. The Bertz CT molecular complexity index is 739. The molecule has 23 heavy (non-hydrogen) atoms. The van der Waals surface area contributed by atoms with Crippen molar-refractivity contribution in [3.63, 3.8) is 0 Å². The Morgan fingerprint density at radius 1 is 1.13 bits per heavy atom. The molecule has 0 fully saturated rings. The highest BCUT2D eigenvalue weighted by Crippen LogP contribution is 2.27. The molecule has 0 aliphatic rings. The first-order chi connectivity index (χ1) is 11.0. The van der Waals surface area contributed by atoms with E-state index in [4.69, 9.17) is 15.2 Å². The second kappa shape index (κ2) is 7.45. The largest absolute Gasteiger partial charge is 0.493 e. The minimum atomic E-state index is -0.535. The molecule has 0 bridgehead atoms. The van der Waals surface area contributed by atoms with Crippen LogP contribution in [0.2, 0.25) is 0 Å². The monoisotopic (exact) mass is 312 g/mol. The van der Waals surface area contributed by atoms with Crippen LogP contribution in [-0.2, 0) is 4.79 Å². The van der Waals surface area contributed by atoms with Gasteiger partial charge in [0.2, 0.25) is 0 Å². The van der Waals surface area contributed by atoms with E-state index < -0.39 is 5.91 Å². The molecule has 5 nitrogen and oxygen atoms in total. The zero-order valence-electron chi connectivity index (χ0n) is 13.5. The van der Waals surface area contributed by atoms with Gasteiger partial charge in [-0.05, 0) is 60.9 Å². The van der Waals surface area contributed by atoms with Crippen molar-refractivity contribution in [1.29, 1.82) is 0 Å². The fraction of sp³-hybridized carbons (Fsp3) is 0.222. The van der Waals surface area contributed by atoms with Crippen molar-refractivity contribution < 1.29 is 14.3 Å². The van der Waals surface area contributed by atoms with Gasteiger partial charge in [0.1, 0.15) is 0 Å². The number of aryl methyl sites for hydroxylation is 2. The number of nitrogens with zero attached hydrogens (tertiary/aromatic N) is 1. The predicted molar refractivity (Wildman–Crippen MR) is 90.9 cm³/mol. The minimum absolute atomic E-state index is 0.188. The molecule has 2 aromatic carbocycles. The third-order valence-electron chi connectivity index (χ3n) is 3.41. The second-order valence-corrected chi connectivity index (χ2v) is 5.19. The van der Waals surface area contributed by atoms with E-state index in [0.29, 0.717) is 11.5 Å². The quantitative estimate of drug-likeness (QED) is 0.833.